The van der Waals surface area contributed by atoms with Crippen LogP contribution >= 0.6 is 0 Å². The molecule has 0 amide bonds. The number of aryl methyl sites for hydroxylation is 1. The van der Waals surface area contributed by atoms with Crippen LogP contribution in [0.1, 0.15) is 24.7 Å². The summed E-state index contributed by atoms with van der Waals surface area (Å²) >= 11 is 0. The molecule has 1 heterocycles. The van der Waals surface area contributed by atoms with E-state index in [1.807, 2.05) is 6.07 Å². The molecule has 0 fully saturated rings. The molecule has 2 nitrogen and oxygen atoms in total. The molecule has 10 heavy (non-hydrogen) atoms. The topological polar surface area (TPSA) is 41.8 Å². The van der Waals surface area contributed by atoms with E-state index in [0.717, 1.165) is 12.1 Å². The van der Waals surface area contributed by atoms with Crippen LogP contribution in [0.15, 0.2) is 12.1 Å². The first kappa shape index (κ1) is 7.35. The fourth-order valence-electron chi connectivity index (χ4n) is 1.02. The third kappa shape index (κ3) is 1.61. The Morgan fingerprint density at radius 1 is 1.40 bits per heavy atom. The Bertz CT molecular complexity index is 191. The van der Waals surface area contributed by atoms with E-state index < -0.39 is 0 Å². The molecule has 0 saturated heterocycles. The summed E-state index contributed by atoms with van der Waals surface area (Å²) < 4.78 is 0. The van der Waals surface area contributed by atoms with Crippen molar-refractivity contribution >= 4 is 0 Å². The van der Waals surface area contributed by atoms with Gasteiger partial charge in [-0.3, -0.25) is 0 Å². The van der Waals surface area contributed by atoms with Gasteiger partial charge >= 0.3 is 0 Å². The lowest BCUT2D eigenvalue weighted by molar-refractivity contribution is 0.876. The van der Waals surface area contributed by atoms with Crippen LogP contribution < -0.4 is 5.73 Å². The van der Waals surface area contributed by atoms with Gasteiger partial charge in [-0.15, -0.1) is 0 Å². The molecule has 0 saturated carbocycles. The number of aromatic amines is 1. The zero-order valence-corrected chi connectivity index (χ0v) is 6.35. The summed E-state index contributed by atoms with van der Waals surface area (Å²) in [6.45, 7) is 2.78. The van der Waals surface area contributed by atoms with Gasteiger partial charge in [0.25, 0.3) is 0 Å². The molecule has 1 rings (SSSR count). The van der Waals surface area contributed by atoms with E-state index in [9.17, 15) is 0 Å². The second-order valence-electron chi connectivity index (χ2n) is 2.46. The fourth-order valence-corrected chi connectivity index (χ4v) is 1.02. The maximum Gasteiger partial charge on any atom is 0.0332 e. The van der Waals surface area contributed by atoms with Gasteiger partial charge in [0.15, 0.2) is 0 Å². The summed E-state index contributed by atoms with van der Waals surface area (Å²) in [4.78, 5) is 3.24. The van der Waals surface area contributed by atoms with Crippen molar-refractivity contribution in [1.82, 2.24) is 4.98 Å². The Kier molecular flexibility index (Phi) is 2.51. The number of rotatable bonds is 3. The molecule has 0 atom stereocenters. The highest BCUT2D eigenvalue weighted by molar-refractivity contribution is 5.12. The monoisotopic (exact) mass is 138 g/mol. The maximum atomic E-state index is 5.43. The van der Waals surface area contributed by atoms with E-state index in [1.165, 1.54) is 12.1 Å². The fraction of sp³-hybridized carbons (Fsp3) is 0.500. The first-order chi connectivity index (χ1) is 4.86. The molecule has 2 heteroatoms. The number of H-pyrrole nitrogens is 1. The van der Waals surface area contributed by atoms with Crippen LogP contribution in [0.2, 0.25) is 0 Å². The highest BCUT2D eigenvalue weighted by Crippen LogP contribution is 2.02. The molecule has 0 bridgehead atoms. The quantitative estimate of drug-likeness (QED) is 0.651. The van der Waals surface area contributed by atoms with Crippen LogP contribution in [0.5, 0.6) is 0 Å². The van der Waals surface area contributed by atoms with Crippen LogP contribution in [-0.2, 0) is 13.0 Å². The average Bonchev–Trinajstić information content (AvgIpc) is 2.37. The van der Waals surface area contributed by atoms with Gasteiger partial charge in [0, 0.05) is 17.9 Å². The summed E-state index contributed by atoms with van der Waals surface area (Å²) in [5.41, 5.74) is 7.85. The molecule has 0 aliphatic heterocycles. The summed E-state index contributed by atoms with van der Waals surface area (Å²) in [5, 5.41) is 0. The van der Waals surface area contributed by atoms with E-state index >= 15 is 0 Å². The molecule has 56 valence electrons. The van der Waals surface area contributed by atoms with Crippen molar-refractivity contribution in [1.29, 1.82) is 0 Å². The molecule has 0 aromatic carbocycles. The average molecular weight is 138 g/mol. The van der Waals surface area contributed by atoms with Crippen LogP contribution in [-0.4, -0.2) is 4.98 Å². The van der Waals surface area contributed by atoms with Crippen molar-refractivity contribution in [2.24, 2.45) is 5.73 Å². The van der Waals surface area contributed by atoms with E-state index in [2.05, 4.69) is 18.0 Å². The lowest BCUT2D eigenvalue weighted by Crippen LogP contribution is -1.96. The van der Waals surface area contributed by atoms with Crippen molar-refractivity contribution in [2.75, 3.05) is 0 Å². The van der Waals surface area contributed by atoms with Gasteiger partial charge in [-0.05, 0) is 18.6 Å². The van der Waals surface area contributed by atoms with E-state index in [4.69, 9.17) is 5.73 Å². The van der Waals surface area contributed by atoms with Gasteiger partial charge < -0.3 is 10.7 Å². The van der Waals surface area contributed by atoms with Crippen molar-refractivity contribution < 1.29 is 0 Å². The minimum absolute atomic E-state index is 0.615. The predicted octanol–water partition coefficient (Wildman–Crippen LogP) is 1.43. The third-order valence-electron chi connectivity index (χ3n) is 1.55. The Balaban J connectivity index is 2.59. The molecule has 0 spiro atoms. The molecule has 0 aliphatic rings. The molecule has 0 aliphatic carbocycles. The Hall–Kier alpha value is -0.760. The number of nitrogens with one attached hydrogen (secondary N) is 1. The van der Waals surface area contributed by atoms with Crippen LogP contribution in [0, 0.1) is 0 Å². The molecule has 1 aromatic heterocycles. The van der Waals surface area contributed by atoms with E-state index in [0.29, 0.717) is 6.54 Å². The summed E-state index contributed by atoms with van der Waals surface area (Å²) in [5.74, 6) is 0. The van der Waals surface area contributed by atoms with Crippen molar-refractivity contribution in [3.8, 4) is 0 Å². The molecule has 1 aromatic rings. The Labute approximate surface area is 61.4 Å². The van der Waals surface area contributed by atoms with Crippen molar-refractivity contribution in [3.05, 3.63) is 23.5 Å². The standard InChI is InChI=1S/C8H14N2/c1-2-3-7-4-5-8(6-9)10-7/h4-5,10H,2-3,6,9H2,1H3. The second-order valence-corrected chi connectivity index (χ2v) is 2.46. The highest BCUT2D eigenvalue weighted by Gasteiger charge is 1.93. The summed E-state index contributed by atoms with van der Waals surface area (Å²) in [6, 6.07) is 4.15. The van der Waals surface area contributed by atoms with Gasteiger partial charge in [0.2, 0.25) is 0 Å². The summed E-state index contributed by atoms with van der Waals surface area (Å²) in [7, 11) is 0. The smallest absolute Gasteiger partial charge is 0.0332 e. The number of aromatic nitrogens is 1. The van der Waals surface area contributed by atoms with Crippen LogP contribution in [0.4, 0.5) is 0 Å². The van der Waals surface area contributed by atoms with E-state index in [1.54, 1.807) is 0 Å². The highest BCUT2D eigenvalue weighted by atomic mass is 14.8. The molecular weight excluding hydrogens is 124 g/mol. The zero-order valence-electron chi connectivity index (χ0n) is 6.35. The SMILES string of the molecule is CCCc1ccc(CN)[nH]1. The lowest BCUT2D eigenvalue weighted by Gasteiger charge is -1.91. The summed E-state index contributed by atoms with van der Waals surface area (Å²) in [6.07, 6.45) is 2.31. The molecule has 0 radical (unpaired) electrons. The first-order valence-corrected chi connectivity index (χ1v) is 3.73. The zero-order chi connectivity index (χ0) is 7.40. The number of nitrogens with two attached hydrogens (primary N) is 1. The van der Waals surface area contributed by atoms with Crippen LogP contribution in [0.3, 0.4) is 0 Å². The van der Waals surface area contributed by atoms with Gasteiger partial charge in [-0.25, -0.2) is 0 Å². The lowest BCUT2D eigenvalue weighted by atomic mass is 10.3. The minimum atomic E-state index is 0.615. The molecule has 3 N–H and O–H groups in total. The molecule has 0 unspecified atom stereocenters. The van der Waals surface area contributed by atoms with Gasteiger partial charge in [-0.2, -0.15) is 0 Å². The first-order valence-electron chi connectivity index (χ1n) is 3.73. The number of hydrogen-bond acceptors (Lipinski definition) is 1. The normalized spacial score (nSPS) is 10.2. The van der Waals surface area contributed by atoms with Gasteiger partial charge in [0.05, 0.1) is 0 Å². The van der Waals surface area contributed by atoms with Crippen molar-refractivity contribution in [2.45, 2.75) is 26.3 Å². The molecular formula is C8H14N2. The van der Waals surface area contributed by atoms with Crippen molar-refractivity contribution in [3.63, 3.8) is 0 Å². The van der Waals surface area contributed by atoms with Gasteiger partial charge in [-0.1, -0.05) is 13.3 Å². The Morgan fingerprint density at radius 3 is 2.60 bits per heavy atom. The van der Waals surface area contributed by atoms with E-state index in [-0.39, 0.29) is 0 Å². The second kappa shape index (κ2) is 3.42. The Morgan fingerprint density at radius 2 is 2.10 bits per heavy atom. The number of hydrogen-bond donors (Lipinski definition) is 2. The van der Waals surface area contributed by atoms with Gasteiger partial charge in [0.1, 0.15) is 0 Å². The third-order valence-corrected chi connectivity index (χ3v) is 1.55. The predicted molar refractivity (Wildman–Crippen MR) is 42.7 cm³/mol. The van der Waals surface area contributed by atoms with Crippen LogP contribution in [0.25, 0.3) is 0 Å². The minimum Gasteiger partial charge on any atom is -0.361 e. The maximum absolute atomic E-state index is 5.43. The largest absolute Gasteiger partial charge is 0.361 e.